The number of anilines is 1. The van der Waals surface area contributed by atoms with Gasteiger partial charge in [-0.3, -0.25) is 14.3 Å². The number of para-hydroxylation sites is 2. The van der Waals surface area contributed by atoms with Crippen molar-refractivity contribution < 1.29 is 23.0 Å². The second kappa shape index (κ2) is 10.9. The van der Waals surface area contributed by atoms with Crippen LogP contribution in [0.25, 0.3) is 16.9 Å². The van der Waals surface area contributed by atoms with Crippen molar-refractivity contribution in [3.05, 3.63) is 66.2 Å². The number of nitrogens with zero attached hydrogens (tertiary/aromatic N) is 7. The van der Waals surface area contributed by atoms with Gasteiger partial charge in [-0.15, -0.1) is 0 Å². The number of hydrogen-bond donors (Lipinski definition) is 0. The van der Waals surface area contributed by atoms with Crippen LogP contribution < -0.4 is 9.64 Å². The number of hydrogen-bond acceptors (Lipinski definition) is 8. The molecule has 12 heteroatoms. The molecular weight excluding hydrogens is 508 g/mol. The summed E-state index contributed by atoms with van der Waals surface area (Å²) >= 11 is 0. The van der Waals surface area contributed by atoms with Crippen LogP contribution in [0.2, 0.25) is 0 Å². The minimum Gasteiger partial charge on any atom is -0.477 e. The standard InChI is InChI=1S/C27H27F2N7O3/c28-25(29)26-31-20-6-1-2-7-21(20)36(26)22-14-23(33-27(32-22)34-9-11-38-12-10-34)39-17-18-15-35(16-18)24(37)13-19-5-3-4-8-30-19/h1-8,14,18,25H,9-13,15-17H2. The number of carbonyl (C=O) groups excluding carboxylic acids is 1. The fraction of sp³-hybridized carbons (Fsp3) is 0.370. The molecule has 10 nitrogen and oxygen atoms in total. The highest BCUT2D eigenvalue weighted by molar-refractivity contribution is 5.79. The molecule has 5 heterocycles. The largest absolute Gasteiger partial charge is 0.477 e. The third-order valence-electron chi connectivity index (χ3n) is 6.82. The summed E-state index contributed by atoms with van der Waals surface area (Å²) in [7, 11) is 0. The first-order valence-corrected chi connectivity index (χ1v) is 12.8. The number of fused-ring (bicyclic) bond motifs is 1. The summed E-state index contributed by atoms with van der Waals surface area (Å²) in [6.07, 6.45) is -0.862. The smallest absolute Gasteiger partial charge is 0.296 e. The van der Waals surface area contributed by atoms with E-state index >= 15 is 0 Å². The van der Waals surface area contributed by atoms with Gasteiger partial charge < -0.3 is 19.3 Å². The summed E-state index contributed by atoms with van der Waals surface area (Å²) < 4.78 is 40.9. The summed E-state index contributed by atoms with van der Waals surface area (Å²) in [6.45, 7) is 3.66. The van der Waals surface area contributed by atoms with E-state index in [0.29, 0.717) is 63.0 Å². The van der Waals surface area contributed by atoms with E-state index in [1.165, 1.54) is 4.57 Å². The minimum absolute atomic E-state index is 0.0235. The van der Waals surface area contributed by atoms with Crippen molar-refractivity contribution in [2.45, 2.75) is 12.8 Å². The van der Waals surface area contributed by atoms with E-state index in [9.17, 15) is 13.6 Å². The maximum atomic E-state index is 14.0. The highest BCUT2D eigenvalue weighted by Crippen LogP contribution is 2.30. The van der Waals surface area contributed by atoms with Crippen molar-refractivity contribution in [3.63, 3.8) is 0 Å². The van der Waals surface area contributed by atoms with Crippen LogP contribution in [0.4, 0.5) is 14.7 Å². The van der Waals surface area contributed by atoms with E-state index < -0.39 is 12.2 Å². The average Bonchev–Trinajstić information content (AvgIpc) is 3.33. The van der Waals surface area contributed by atoms with E-state index in [2.05, 4.69) is 19.9 Å². The maximum absolute atomic E-state index is 14.0. The van der Waals surface area contributed by atoms with E-state index in [-0.39, 0.29) is 29.9 Å². The number of alkyl halides is 2. The van der Waals surface area contributed by atoms with Crippen molar-refractivity contribution in [3.8, 4) is 11.7 Å². The summed E-state index contributed by atoms with van der Waals surface area (Å²) in [5, 5.41) is 0. The number of aromatic nitrogens is 5. The normalized spacial score (nSPS) is 16.1. The van der Waals surface area contributed by atoms with Crippen LogP contribution in [0.1, 0.15) is 17.9 Å². The lowest BCUT2D eigenvalue weighted by Gasteiger charge is -2.39. The summed E-state index contributed by atoms with van der Waals surface area (Å²) in [5.74, 6) is 0.674. The second-order valence-corrected chi connectivity index (χ2v) is 9.53. The minimum atomic E-state index is -2.80. The summed E-state index contributed by atoms with van der Waals surface area (Å²) in [6, 6.07) is 14.0. The first-order valence-electron chi connectivity index (χ1n) is 12.8. The van der Waals surface area contributed by atoms with Gasteiger partial charge in [-0.25, -0.2) is 13.8 Å². The lowest BCUT2D eigenvalue weighted by molar-refractivity contribution is -0.137. The van der Waals surface area contributed by atoms with Crippen molar-refractivity contribution in [1.82, 2.24) is 29.4 Å². The van der Waals surface area contributed by atoms with Crippen LogP contribution in [0.15, 0.2) is 54.7 Å². The maximum Gasteiger partial charge on any atom is 0.296 e. The quantitative estimate of drug-likeness (QED) is 0.340. The van der Waals surface area contributed by atoms with Gasteiger partial charge in [0.25, 0.3) is 6.43 Å². The van der Waals surface area contributed by atoms with Gasteiger partial charge >= 0.3 is 0 Å². The Morgan fingerprint density at radius 2 is 1.85 bits per heavy atom. The lowest BCUT2D eigenvalue weighted by atomic mass is 10.0. The molecule has 2 aliphatic heterocycles. The lowest BCUT2D eigenvalue weighted by Crippen LogP contribution is -2.52. The van der Waals surface area contributed by atoms with E-state index in [4.69, 9.17) is 9.47 Å². The third-order valence-corrected chi connectivity index (χ3v) is 6.82. The summed E-state index contributed by atoms with van der Waals surface area (Å²) in [4.78, 5) is 33.9. The number of imidazole rings is 1. The van der Waals surface area contributed by atoms with Crippen molar-refractivity contribution in [2.24, 2.45) is 5.92 Å². The fourth-order valence-corrected chi connectivity index (χ4v) is 4.78. The topological polar surface area (TPSA) is 98.5 Å². The number of ether oxygens (including phenoxy) is 2. The highest BCUT2D eigenvalue weighted by Gasteiger charge is 2.31. The van der Waals surface area contributed by atoms with Gasteiger partial charge in [-0.1, -0.05) is 18.2 Å². The van der Waals surface area contributed by atoms with Crippen LogP contribution in [0, 0.1) is 5.92 Å². The number of likely N-dealkylation sites (tertiary alicyclic amines) is 1. The van der Waals surface area contributed by atoms with Gasteiger partial charge in [0, 0.05) is 50.1 Å². The molecule has 0 N–H and O–H groups in total. The first-order chi connectivity index (χ1) is 19.0. The summed E-state index contributed by atoms with van der Waals surface area (Å²) in [5.41, 5.74) is 1.71. The van der Waals surface area contributed by atoms with Crippen LogP contribution in [0.3, 0.4) is 0 Å². The van der Waals surface area contributed by atoms with Crippen molar-refractivity contribution in [1.29, 1.82) is 0 Å². The molecule has 2 aliphatic rings. The van der Waals surface area contributed by atoms with Gasteiger partial charge in [0.15, 0.2) is 5.82 Å². The van der Waals surface area contributed by atoms with Gasteiger partial charge in [-0.2, -0.15) is 9.97 Å². The Kier molecular flexibility index (Phi) is 7.01. The molecule has 1 amide bonds. The van der Waals surface area contributed by atoms with E-state index in [1.54, 1.807) is 41.4 Å². The number of morpholine rings is 1. The Hall–Kier alpha value is -4.19. The van der Waals surface area contributed by atoms with Gasteiger partial charge in [0.2, 0.25) is 17.7 Å². The molecule has 2 saturated heterocycles. The molecule has 6 rings (SSSR count). The second-order valence-electron chi connectivity index (χ2n) is 9.53. The molecule has 0 atom stereocenters. The Labute approximate surface area is 223 Å². The Bertz CT molecular complexity index is 1450. The van der Waals surface area contributed by atoms with Gasteiger partial charge in [-0.05, 0) is 24.3 Å². The van der Waals surface area contributed by atoms with Crippen molar-refractivity contribution in [2.75, 3.05) is 50.9 Å². The van der Waals surface area contributed by atoms with Crippen LogP contribution in [-0.2, 0) is 16.0 Å². The first kappa shape index (κ1) is 25.1. The molecule has 39 heavy (non-hydrogen) atoms. The molecule has 4 aromatic rings. The molecule has 1 aromatic carbocycles. The Morgan fingerprint density at radius 1 is 1.05 bits per heavy atom. The molecule has 202 valence electrons. The molecule has 0 spiro atoms. The third kappa shape index (κ3) is 5.37. The zero-order valence-electron chi connectivity index (χ0n) is 21.1. The number of rotatable bonds is 8. The van der Waals surface area contributed by atoms with Crippen LogP contribution >= 0.6 is 0 Å². The van der Waals surface area contributed by atoms with E-state index in [0.717, 1.165) is 5.69 Å². The SMILES string of the molecule is O=C(Cc1ccccn1)N1CC(COc2cc(-n3c(C(F)F)nc4ccccc43)nc(N3CCOCC3)n2)C1. The van der Waals surface area contributed by atoms with Gasteiger partial charge in [0.1, 0.15) is 5.82 Å². The molecule has 0 saturated carbocycles. The number of carbonyl (C=O) groups is 1. The molecule has 0 bridgehead atoms. The monoisotopic (exact) mass is 535 g/mol. The number of amides is 1. The fourth-order valence-electron chi connectivity index (χ4n) is 4.78. The average molecular weight is 536 g/mol. The number of halogens is 2. The predicted octanol–water partition coefficient (Wildman–Crippen LogP) is 3.06. The zero-order valence-corrected chi connectivity index (χ0v) is 21.1. The Morgan fingerprint density at radius 3 is 2.62 bits per heavy atom. The molecule has 2 fully saturated rings. The van der Waals surface area contributed by atoms with Crippen LogP contribution in [-0.4, -0.2) is 81.3 Å². The van der Waals surface area contributed by atoms with Crippen molar-refractivity contribution >= 4 is 22.9 Å². The van der Waals surface area contributed by atoms with Gasteiger partial charge in [0.05, 0.1) is 37.3 Å². The highest BCUT2D eigenvalue weighted by atomic mass is 19.3. The molecule has 0 unspecified atom stereocenters. The Balaban J connectivity index is 1.21. The number of benzene rings is 1. The van der Waals surface area contributed by atoms with Crippen LogP contribution in [0.5, 0.6) is 5.88 Å². The predicted molar refractivity (Wildman–Crippen MR) is 138 cm³/mol. The number of pyridine rings is 1. The molecular formula is C27H27F2N7O3. The van der Waals surface area contributed by atoms with E-state index in [1.807, 2.05) is 23.1 Å². The molecule has 0 aliphatic carbocycles. The molecule has 0 radical (unpaired) electrons. The zero-order chi connectivity index (χ0) is 26.8. The molecule has 3 aromatic heterocycles.